The minimum absolute atomic E-state index is 0.0337. The fourth-order valence-electron chi connectivity index (χ4n) is 2.76. The number of rotatable bonds is 4. The molecule has 0 aliphatic carbocycles. The van der Waals surface area contributed by atoms with Gasteiger partial charge in [0.05, 0.1) is 33.3 Å². The zero-order valence-electron chi connectivity index (χ0n) is 15.5. The molecule has 1 amide bonds. The summed E-state index contributed by atoms with van der Waals surface area (Å²) in [5, 5.41) is 12.6. The number of carbonyl (C=O) groups excluding carboxylic acids is 1. The molecule has 3 aromatic rings. The third-order valence-electron chi connectivity index (χ3n) is 4.20. The molecule has 1 aromatic heterocycles. The number of aromatic nitrogens is 2. The van der Waals surface area contributed by atoms with Crippen molar-refractivity contribution >= 4 is 28.2 Å². The van der Waals surface area contributed by atoms with E-state index in [1.54, 1.807) is 0 Å². The first-order valence-electron chi connectivity index (χ1n) is 8.48. The van der Waals surface area contributed by atoms with E-state index in [9.17, 15) is 46.0 Å². The van der Waals surface area contributed by atoms with Gasteiger partial charge in [0.2, 0.25) is 5.91 Å². The number of carbonyl (C=O) groups is 1. The number of non-ortho nitro benzene ring substituents is 1. The maximum absolute atomic E-state index is 12.9. The fraction of sp³-hybridized carbons (Fsp3) is 0.167. The smallest absolute Gasteiger partial charge is 0.325 e. The average molecular weight is 460 g/mol. The largest absolute Gasteiger partial charge is 0.416 e. The van der Waals surface area contributed by atoms with Gasteiger partial charge < -0.3 is 5.32 Å². The molecule has 0 spiro atoms. The van der Waals surface area contributed by atoms with Crippen molar-refractivity contribution in [2.45, 2.75) is 18.9 Å². The van der Waals surface area contributed by atoms with Crippen LogP contribution in [0.25, 0.3) is 10.9 Å². The normalized spacial score (nSPS) is 12.1. The van der Waals surface area contributed by atoms with E-state index in [-0.39, 0.29) is 22.7 Å². The Labute approximate surface area is 173 Å². The van der Waals surface area contributed by atoms with Crippen LogP contribution < -0.4 is 10.9 Å². The van der Waals surface area contributed by atoms with Gasteiger partial charge in [0.15, 0.2) is 0 Å². The maximum Gasteiger partial charge on any atom is 0.416 e. The molecule has 32 heavy (non-hydrogen) atoms. The van der Waals surface area contributed by atoms with Crippen LogP contribution in [0.4, 0.5) is 37.7 Å². The Hall–Kier alpha value is -3.97. The summed E-state index contributed by atoms with van der Waals surface area (Å²) in [6.45, 7) is -0.781. The van der Waals surface area contributed by atoms with Crippen molar-refractivity contribution in [1.82, 2.24) is 9.55 Å². The van der Waals surface area contributed by atoms with Gasteiger partial charge in [-0.25, -0.2) is 4.98 Å². The number of nitrogens with one attached hydrogen (secondary N) is 1. The zero-order valence-corrected chi connectivity index (χ0v) is 15.5. The van der Waals surface area contributed by atoms with E-state index < -0.39 is 52.1 Å². The van der Waals surface area contributed by atoms with Gasteiger partial charge in [-0.2, -0.15) is 26.3 Å². The molecule has 0 saturated carbocycles. The van der Waals surface area contributed by atoms with Gasteiger partial charge in [0.25, 0.3) is 11.2 Å². The standard InChI is InChI=1S/C18H10F6N4O4/c19-17(20,21)9-3-10(18(22,23)24)5-11(4-9)26-15(29)7-27-8-25-14-6-12(28(31)32)1-2-13(14)16(27)30/h1-6,8H,7H2,(H,26,29). The number of fused-ring (bicyclic) bond motifs is 1. The van der Waals surface area contributed by atoms with Crippen LogP contribution in [-0.4, -0.2) is 20.4 Å². The lowest BCUT2D eigenvalue weighted by Crippen LogP contribution is -2.28. The first-order valence-corrected chi connectivity index (χ1v) is 8.48. The molecule has 14 heteroatoms. The van der Waals surface area contributed by atoms with Crippen LogP contribution in [0.5, 0.6) is 0 Å². The summed E-state index contributed by atoms with van der Waals surface area (Å²) >= 11 is 0. The number of benzene rings is 2. The lowest BCUT2D eigenvalue weighted by Gasteiger charge is -2.15. The number of halogens is 6. The minimum Gasteiger partial charge on any atom is -0.325 e. The van der Waals surface area contributed by atoms with Crippen molar-refractivity contribution in [2.24, 2.45) is 0 Å². The Kier molecular flexibility index (Phi) is 5.63. The second-order valence-corrected chi connectivity index (χ2v) is 6.48. The first kappa shape index (κ1) is 22.7. The number of nitro groups is 1. The van der Waals surface area contributed by atoms with Crippen molar-refractivity contribution in [2.75, 3.05) is 5.32 Å². The van der Waals surface area contributed by atoms with E-state index >= 15 is 0 Å². The molecule has 0 atom stereocenters. The maximum atomic E-state index is 12.9. The highest BCUT2D eigenvalue weighted by molar-refractivity contribution is 5.91. The van der Waals surface area contributed by atoms with E-state index in [4.69, 9.17) is 0 Å². The van der Waals surface area contributed by atoms with Gasteiger partial charge in [-0.3, -0.25) is 24.3 Å². The number of amides is 1. The van der Waals surface area contributed by atoms with Crippen LogP contribution >= 0.6 is 0 Å². The van der Waals surface area contributed by atoms with Crippen LogP contribution in [0.3, 0.4) is 0 Å². The highest BCUT2D eigenvalue weighted by Crippen LogP contribution is 2.37. The molecule has 168 valence electrons. The predicted molar refractivity (Wildman–Crippen MR) is 97.7 cm³/mol. The fourth-order valence-corrected chi connectivity index (χ4v) is 2.76. The van der Waals surface area contributed by atoms with Gasteiger partial charge in [0.1, 0.15) is 6.54 Å². The number of anilines is 1. The molecular formula is C18H10F6N4O4. The number of alkyl halides is 6. The van der Waals surface area contributed by atoms with Crippen LogP contribution in [0, 0.1) is 10.1 Å². The third-order valence-corrected chi connectivity index (χ3v) is 4.20. The Bertz CT molecular complexity index is 1250. The second kappa shape index (κ2) is 7.94. The van der Waals surface area contributed by atoms with Gasteiger partial charge in [-0.1, -0.05) is 0 Å². The van der Waals surface area contributed by atoms with Gasteiger partial charge >= 0.3 is 12.4 Å². The Morgan fingerprint density at radius 1 is 1.03 bits per heavy atom. The van der Waals surface area contributed by atoms with E-state index in [2.05, 4.69) is 4.98 Å². The summed E-state index contributed by atoms with van der Waals surface area (Å²) in [7, 11) is 0. The average Bonchev–Trinajstić information content (AvgIpc) is 2.68. The van der Waals surface area contributed by atoms with Crippen LogP contribution in [-0.2, 0) is 23.7 Å². The topological polar surface area (TPSA) is 107 Å². The highest BCUT2D eigenvalue weighted by atomic mass is 19.4. The van der Waals surface area contributed by atoms with E-state index in [0.717, 1.165) is 29.1 Å². The number of hydrogen-bond donors (Lipinski definition) is 1. The monoisotopic (exact) mass is 460 g/mol. The first-order chi connectivity index (χ1) is 14.8. The molecule has 0 saturated heterocycles. The second-order valence-electron chi connectivity index (χ2n) is 6.48. The molecule has 0 aliphatic rings. The number of hydrogen-bond acceptors (Lipinski definition) is 5. The quantitative estimate of drug-likeness (QED) is 0.360. The molecule has 3 rings (SSSR count). The molecule has 8 nitrogen and oxygen atoms in total. The molecule has 1 N–H and O–H groups in total. The summed E-state index contributed by atoms with van der Waals surface area (Å²) in [4.78, 5) is 38.5. The highest BCUT2D eigenvalue weighted by Gasteiger charge is 2.37. The minimum atomic E-state index is -5.09. The molecule has 0 fully saturated rings. The molecule has 0 bridgehead atoms. The Morgan fingerprint density at radius 2 is 1.62 bits per heavy atom. The molecule has 1 heterocycles. The van der Waals surface area contributed by atoms with Crippen LogP contribution in [0.2, 0.25) is 0 Å². The molecule has 0 radical (unpaired) electrons. The summed E-state index contributed by atoms with van der Waals surface area (Å²) < 4.78 is 78.3. The summed E-state index contributed by atoms with van der Waals surface area (Å²) in [5.41, 5.74) is -5.16. The Morgan fingerprint density at radius 3 is 2.16 bits per heavy atom. The summed E-state index contributed by atoms with van der Waals surface area (Å²) in [6.07, 6.45) is -9.31. The zero-order chi connectivity index (χ0) is 23.8. The van der Waals surface area contributed by atoms with Gasteiger partial charge in [-0.05, 0) is 24.3 Å². The van der Waals surface area contributed by atoms with Crippen molar-refractivity contribution in [3.05, 3.63) is 74.3 Å². The molecular weight excluding hydrogens is 450 g/mol. The van der Waals surface area contributed by atoms with Crippen molar-refractivity contribution < 1.29 is 36.1 Å². The predicted octanol–water partition coefficient (Wildman–Crippen LogP) is 3.98. The van der Waals surface area contributed by atoms with Crippen molar-refractivity contribution in [3.63, 3.8) is 0 Å². The SMILES string of the molecule is O=C(Cn1cnc2cc([N+](=O)[O-])ccc2c1=O)Nc1cc(C(F)(F)F)cc(C(F)(F)F)c1. The summed E-state index contributed by atoms with van der Waals surface area (Å²) in [6, 6.07) is 3.74. The van der Waals surface area contributed by atoms with E-state index in [0.29, 0.717) is 12.1 Å². The lowest BCUT2D eigenvalue weighted by atomic mass is 10.1. The van der Waals surface area contributed by atoms with E-state index in [1.807, 2.05) is 5.32 Å². The van der Waals surface area contributed by atoms with Gasteiger partial charge in [0, 0.05) is 17.8 Å². The van der Waals surface area contributed by atoms with Crippen LogP contribution in [0.1, 0.15) is 11.1 Å². The number of nitrogens with zero attached hydrogens (tertiary/aromatic N) is 3. The van der Waals surface area contributed by atoms with Crippen molar-refractivity contribution in [3.8, 4) is 0 Å². The van der Waals surface area contributed by atoms with Crippen molar-refractivity contribution in [1.29, 1.82) is 0 Å². The molecule has 0 unspecified atom stereocenters. The Balaban J connectivity index is 1.89. The summed E-state index contributed by atoms with van der Waals surface area (Å²) in [5.74, 6) is -1.09. The molecule has 2 aromatic carbocycles. The number of nitro benzene ring substituents is 1. The lowest BCUT2D eigenvalue weighted by molar-refractivity contribution is -0.384. The molecule has 0 aliphatic heterocycles. The van der Waals surface area contributed by atoms with Crippen LogP contribution in [0.15, 0.2) is 47.5 Å². The van der Waals surface area contributed by atoms with E-state index in [1.165, 1.54) is 0 Å². The third kappa shape index (κ3) is 4.84. The van der Waals surface area contributed by atoms with Gasteiger partial charge in [-0.15, -0.1) is 0 Å².